The van der Waals surface area contributed by atoms with Crippen molar-refractivity contribution in [2.24, 2.45) is 0 Å². The minimum absolute atomic E-state index is 0.480. The predicted octanol–water partition coefficient (Wildman–Crippen LogP) is 4.11. The van der Waals surface area contributed by atoms with Gasteiger partial charge in [0.2, 0.25) is 0 Å². The summed E-state index contributed by atoms with van der Waals surface area (Å²) in [5.41, 5.74) is 3.93. The predicted molar refractivity (Wildman–Crippen MR) is 63.1 cm³/mol. The van der Waals surface area contributed by atoms with Crippen molar-refractivity contribution < 1.29 is 0 Å². The molecule has 1 aliphatic carbocycles. The van der Waals surface area contributed by atoms with Crippen molar-refractivity contribution in [2.45, 2.75) is 39.0 Å². The van der Waals surface area contributed by atoms with Crippen LogP contribution in [0.15, 0.2) is 4.60 Å². The van der Waals surface area contributed by atoms with Gasteiger partial charge in [-0.1, -0.05) is 25.4 Å². The highest BCUT2D eigenvalue weighted by molar-refractivity contribution is 9.10. The zero-order valence-corrected chi connectivity index (χ0v) is 10.7. The molecule has 0 saturated heterocycles. The van der Waals surface area contributed by atoms with Crippen LogP contribution < -0.4 is 0 Å². The maximum atomic E-state index is 6.26. The highest BCUT2D eigenvalue weighted by atomic mass is 79.9. The Morgan fingerprint density at radius 1 is 1.36 bits per heavy atom. The van der Waals surface area contributed by atoms with Gasteiger partial charge in [-0.2, -0.15) is 0 Å². The molecular formula is C11H13BrClN. The molecule has 0 aromatic carbocycles. The van der Waals surface area contributed by atoms with Gasteiger partial charge in [0.05, 0.1) is 5.02 Å². The molecule has 0 bridgehead atoms. The second-order valence-corrected chi connectivity index (χ2v) is 5.19. The average Bonchev–Trinajstić information content (AvgIpc) is 2.52. The van der Waals surface area contributed by atoms with Crippen molar-refractivity contribution in [3.8, 4) is 0 Å². The molecule has 0 radical (unpaired) electrons. The number of aryl methyl sites for hydroxylation is 1. The van der Waals surface area contributed by atoms with Crippen molar-refractivity contribution in [3.63, 3.8) is 0 Å². The molecule has 2 rings (SSSR count). The van der Waals surface area contributed by atoms with E-state index in [1.165, 1.54) is 23.2 Å². The quantitative estimate of drug-likeness (QED) is 0.702. The molecule has 0 saturated carbocycles. The number of hydrogen-bond acceptors (Lipinski definition) is 1. The zero-order valence-electron chi connectivity index (χ0n) is 8.40. The van der Waals surface area contributed by atoms with Gasteiger partial charge in [0.1, 0.15) is 4.60 Å². The van der Waals surface area contributed by atoms with Crippen LogP contribution in [0.3, 0.4) is 0 Å². The van der Waals surface area contributed by atoms with Crippen molar-refractivity contribution in [1.82, 2.24) is 4.98 Å². The van der Waals surface area contributed by atoms with Gasteiger partial charge in [0, 0.05) is 5.69 Å². The van der Waals surface area contributed by atoms with Crippen molar-refractivity contribution >= 4 is 27.5 Å². The first kappa shape index (κ1) is 10.4. The van der Waals surface area contributed by atoms with Crippen LogP contribution in [0.4, 0.5) is 0 Å². The third kappa shape index (κ3) is 1.59. The van der Waals surface area contributed by atoms with E-state index in [9.17, 15) is 0 Å². The molecule has 0 unspecified atom stereocenters. The molecule has 0 spiro atoms. The largest absolute Gasteiger partial charge is 0.244 e. The summed E-state index contributed by atoms with van der Waals surface area (Å²) in [6.45, 7) is 4.37. The number of fused-ring (bicyclic) bond motifs is 1. The van der Waals surface area contributed by atoms with Crippen LogP contribution in [-0.4, -0.2) is 4.98 Å². The first-order chi connectivity index (χ1) is 6.61. The highest BCUT2D eigenvalue weighted by Crippen LogP contribution is 2.37. The van der Waals surface area contributed by atoms with E-state index in [1.807, 2.05) is 0 Å². The van der Waals surface area contributed by atoms with Gasteiger partial charge in [-0.15, -0.1) is 0 Å². The first-order valence-corrected chi connectivity index (χ1v) is 6.15. The Morgan fingerprint density at radius 3 is 2.71 bits per heavy atom. The van der Waals surface area contributed by atoms with Crippen molar-refractivity contribution in [1.29, 1.82) is 0 Å². The van der Waals surface area contributed by atoms with E-state index in [4.69, 9.17) is 11.6 Å². The number of nitrogens with zero attached hydrogens (tertiary/aromatic N) is 1. The number of pyridine rings is 1. The first-order valence-electron chi connectivity index (χ1n) is 4.98. The molecule has 1 aromatic rings. The van der Waals surface area contributed by atoms with E-state index < -0.39 is 0 Å². The van der Waals surface area contributed by atoms with Crippen molar-refractivity contribution in [2.75, 3.05) is 0 Å². The Labute approximate surface area is 98.0 Å². The molecule has 0 N–H and O–H groups in total. The lowest BCUT2D eigenvalue weighted by molar-refractivity contribution is 0.836. The summed E-state index contributed by atoms with van der Waals surface area (Å²) in [6.07, 6.45) is 3.46. The third-order valence-electron chi connectivity index (χ3n) is 2.74. The summed E-state index contributed by atoms with van der Waals surface area (Å²) < 4.78 is 0.809. The summed E-state index contributed by atoms with van der Waals surface area (Å²) in [7, 11) is 0. The molecule has 0 atom stereocenters. The van der Waals surface area contributed by atoms with E-state index in [-0.39, 0.29) is 0 Å². The molecule has 3 heteroatoms. The summed E-state index contributed by atoms with van der Waals surface area (Å²) in [5.74, 6) is 0.480. The van der Waals surface area contributed by atoms with Crippen LogP contribution in [0.1, 0.15) is 43.0 Å². The second kappa shape index (κ2) is 3.82. The maximum absolute atomic E-state index is 6.26. The van der Waals surface area contributed by atoms with E-state index in [2.05, 4.69) is 34.8 Å². The van der Waals surface area contributed by atoms with Crippen LogP contribution in [0, 0.1) is 0 Å². The zero-order chi connectivity index (χ0) is 10.3. The van der Waals surface area contributed by atoms with Crippen LogP contribution in [0.2, 0.25) is 5.02 Å². The lowest BCUT2D eigenvalue weighted by atomic mass is 9.97. The molecule has 76 valence electrons. The lowest BCUT2D eigenvalue weighted by Gasteiger charge is -2.14. The molecule has 0 aliphatic heterocycles. The monoisotopic (exact) mass is 273 g/mol. The maximum Gasteiger partial charge on any atom is 0.125 e. The van der Waals surface area contributed by atoms with Gasteiger partial charge in [-0.3, -0.25) is 0 Å². The van der Waals surface area contributed by atoms with E-state index >= 15 is 0 Å². The highest BCUT2D eigenvalue weighted by Gasteiger charge is 2.22. The third-order valence-corrected chi connectivity index (χ3v) is 3.93. The van der Waals surface area contributed by atoms with Gasteiger partial charge in [0.25, 0.3) is 0 Å². The fraction of sp³-hybridized carbons (Fsp3) is 0.545. The Bertz CT molecular complexity index is 374. The fourth-order valence-electron chi connectivity index (χ4n) is 2.15. The smallest absolute Gasteiger partial charge is 0.125 e. The van der Waals surface area contributed by atoms with Crippen molar-refractivity contribution in [3.05, 3.63) is 26.4 Å². The molecule has 0 fully saturated rings. The molecule has 1 nitrogen and oxygen atoms in total. The van der Waals surface area contributed by atoms with E-state index in [0.29, 0.717) is 5.92 Å². The Kier molecular flexibility index (Phi) is 2.85. The van der Waals surface area contributed by atoms with Gasteiger partial charge in [0.15, 0.2) is 0 Å². The van der Waals surface area contributed by atoms with E-state index in [1.54, 1.807) is 0 Å². The molecular weight excluding hydrogens is 261 g/mol. The topological polar surface area (TPSA) is 12.9 Å². The van der Waals surface area contributed by atoms with E-state index in [0.717, 1.165) is 22.5 Å². The minimum atomic E-state index is 0.480. The summed E-state index contributed by atoms with van der Waals surface area (Å²) >= 11 is 9.69. The number of halogens is 2. The molecule has 0 amide bonds. The van der Waals surface area contributed by atoms with Gasteiger partial charge in [-0.25, -0.2) is 4.98 Å². The summed E-state index contributed by atoms with van der Waals surface area (Å²) in [4.78, 5) is 4.48. The molecule has 14 heavy (non-hydrogen) atoms. The Balaban J connectivity index is 2.66. The second-order valence-electron chi connectivity index (χ2n) is 4.06. The molecule has 1 aliphatic rings. The van der Waals surface area contributed by atoms with Crippen LogP contribution in [-0.2, 0) is 12.8 Å². The summed E-state index contributed by atoms with van der Waals surface area (Å²) in [6, 6.07) is 0. The standard InChI is InChI=1S/C11H13BrClN/c1-6(2)9-7-4-3-5-8(7)14-11(12)10(9)13/h6H,3-5H2,1-2H3. The lowest BCUT2D eigenvalue weighted by Crippen LogP contribution is -2.00. The average molecular weight is 275 g/mol. The summed E-state index contributed by atoms with van der Waals surface area (Å²) in [5, 5.41) is 0.806. The number of aromatic nitrogens is 1. The fourth-order valence-corrected chi connectivity index (χ4v) is 2.96. The number of rotatable bonds is 1. The van der Waals surface area contributed by atoms with Gasteiger partial charge < -0.3 is 0 Å². The molecule has 1 heterocycles. The Morgan fingerprint density at radius 2 is 2.07 bits per heavy atom. The minimum Gasteiger partial charge on any atom is -0.244 e. The van der Waals surface area contributed by atoms with Crippen LogP contribution >= 0.6 is 27.5 Å². The SMILES string of the molecule is CC(C)c1c(Cl)c(Br)nc2c1CCC2. The molecule has 1 aromatic heterocycles. The van der Waals surface area contributed by atoms with Gasteiger partial charge >= 0.3 is 0 Å². The van der Waals surface area contributed by atoms with Gasteiger partial charge in [-0.05, 0) is 52.2 Å². The number of hydrogen-bond donors (Lipinski definition) is 0. The Hall–Kier alpha value is -0.0800. The normalized spacial score (nSPS) is 14.9. The van der Waals surface area contributed by atoms with Crippen LogP contribution in [0.5, 0.6) is 0 Å². The van der Waals surface area contributed by atoms with Crippen LogP contribution in [0.25, 0.3) is 0 Å².